The number of rotatable bonds is 7. The van der Waals surface area contributed by atoms with Crippen LogP contribution in [0, 0.1) is 6.92 Å². The van der Waals surface area contributed by atoms with E-state index >= 15 is 0 Å². The molecule has 2 aromatic heterocycles. The van der Waals surface area contributed by atoms with E-state index in [0.717, 1.165) is 67.9 Å². The Bertz CT molecular complexity index is 1120. The Balaban J connectivity index is 1.10. The average Bonchev–Trinajstić information content (AvgIpc) is 3.37. The van der Waals surface area contributed by atoms with Gasteiger partial charge in [-0.15, -0.1) is 0 Å². The van der Waals surface area contributed by atoms with Crippen LogP contribution in [0.3, 0.4) is 0 Å². The van der Waals surface area contributed by atoms with Crippen LogP contribution in [0.4, 0.5) is 0 Å². The Hall–Kier alpha value is -2.93. The number of aryl methyl sites for hydroxylation is 2. The number of hydrogen-bond acceptors (Lipinski definition) is 5. The van der Waals surface area contributed by atoms with Gasteiger partial charge in [0.15, 0.2) is 5.65 Å². The number of nitrogens with zero attached hydrogens (tertiary/aromatic N) is 5. The third-order valence-corrected chi connectivity index (χ3v) is 7.03. The molecule has 2 saturated heterocycles. The SMILES string of the molecule is Cc1nn(C)c2nc(C3CCN(Cc4ccc(OCCN5CCCC5=O)cc4)CC3)ccc12. The lowest BCUT2D eigenvalue weighted by Crippen LogP contribution is -2.32. The van der Waals surface area contributed by atoms with Gasteiger partial charge in [-0.05, 0) is 69.1 Å². The number of benzene rings is 1. The van der Waals surface area contributed by atoms with Crippen LogP contribution in [0.15, 0.2) is 36.4 Å². The summed E-state index contributed by atoms with van der Waals surface area (Å²) in [6.07, 6.45) is 3.92. The van der Waals surface area contributed by atoms with Crippen molar-refractivity contribution in [1.29, 1.82) is 0 Å². The quantitative estimate of drug-likeness (QED) is 0.553. The van der Waals surface area contributed by atoms with E-state index in [0.29, 0.717) is 25.5 Å². The van der Waals surface area contributed by atoms with E-state index in [1.807, 2.05) is 35.7 Å². The number of aromatic nitrogens is 3. The van der Waals surface area contributed by atoms with E-state index in [9.17, 15) is 4.79 Å². The molecule has 1 amide bonds. The van der Waals surface area contributed by atoms with Gasteiger partial charge in [0.1, 0.15) is 12.4 Å². The molecule has 174 valence electrons. The predicted octanol–water partition coefficient (Wildman–Crippen LogP) is 3.66. The zero-order valence-corrected chi connectivity index (χ0v) is 19.7. The van der Waals surface area contributed by atoms with Crippen LogP contribution in [0.5, 0.6) is 5.75 Å². The van der Waals surface area contributed by atoms with Gasteiger partial charge in [-0.2, -0.15) is 5.10 Å². The highest BCUT2D eigenvalue weighted by molar-refractivity contribution is 5.78. The van der Waals surface area contributed by atoms with Crippen molar-refractivity contribution < 1.29 is 9.53 Å². The summed E-state index contributed by atoms with van der Waals surface area (Å²) in [5, 5.41) is 5.65. The molecular formula is C26H33N5O2. The molecule has 5 rings (SSSR count). The summed E-state index contributed by atoms with van der Waals surface area (Å²) in [6, 6.07) is 12.8. The van der Waals surface area contributed by atoms with Gasteiger partial charge in [-0.25, -0.2) is 4.98 Å². The zero-order valence-electron chi connectivity index (χ0n) is 19.7. The molecule has 2 aliphatic rings. The highest BCUT2D eigenvalue weighted by Crippen LogP contribution is 2.29. The highest BCUT2D eigenvalue weighted by Gasteiger charge is 2.23. The summed E-state index contributed by atoms with van der Waals surface area (Å²) in [4.78, 5) is 21.0. The Morgan fingerprint density at radius 2 is 1.85 bits per heavy atom. The summed E-state index contributed by atoms with van der Waals surface area (Å²) in [5.41, 5.74) is 4.53. The van der Waals surface area contributed by atoms with Crippen LogP contribution in [0.1, 0.15) is 48.6 Å². The number of piperidine rings is 1. The molecule has 0 atom stereocenters. The number of carbonyl (C=O) groups excluding carboxylic acids is 1. The second kappa shape index (κ2) is 9.51. The molecule has 33 heavy (non-hydrogen) atoms. The molecule has 3 aromatic rings. The fourth-order valence-electron chi connectivity index (χ4n) is 5.10. The number of amides is 1. The number of likely N-dealkylation sites (tertiary alicyclic amines) is 2. The van der Waals surface area contributed by atoms with Crippen LogP contribution in [-0.4, -0.2) is 63.3 Å². The van der Waals surface area contributed by atoms with Gasteiger partial charge in [0.2, 0.25) is 5.91 Å². The molecule has 0 saturated carbocycles. The standard InChI is InChI=1S/C26H33N5O2/c1-19-23-9-10-24(27-26(23)29(2)28-19)21-11-14-30(15-12-21)18-20-5-7-22(8-6-20)33-17-16-31-13-3-4-25(31)32/h5-10,21H,3-4,11-18H2,1-2H3. The largest absolute Gasteiger partial charge is 0.492 e. The van der Waals surface area contributed by atoms with E-state index in [4.69, 9.17) is 9.72 Å². The minimum Gasteiger partial charge on any atom is -0.492 e. The second-order valence-electron chi connectivity index (χ2n) is 9.34. The van der Waals surface area contributed by atoms with E-state index < -0.39 is 0 Å². The number of carbonyl (C=O) groups is 1. The monoisotopic (exact) mass is 447 g/mol. The van der Waals surface area contributed by atoms with Gasteiger partial charge < -0.3 is 9.64 Å². The van der Waals surface area contributed by atoms with Crippen molar-refractivity contribution in [1.82, 2.24) is 24.6 Å². The molecule has 0 N–H and O–H groups in total. The Morgan fingerprint density at radius 3 is 2.58 bits per heavy atom. The lowest BCUT2D eigenvalue weighted by Gasteiger charge is -2.31. The van der Waals surface area contributed by atoms with Crippen LogP contribution in [0.2, 0.25) is 0 Å². The van der Waals surface area contributed by atoms with Gasteiger partial charge in [-0.3, -0.25) is 14.4 Å². The number of pyridine rings is 1. The molecule has 7 heteroatoms. The van der Waals surface area contributed by atoms with Gasteiger partial charge in [0.05, 0.1) is 12.2 Å². The summed E-state index contributed by atoms with van der Waals surface area (Å²) >= 11 is 0. The Morgan fingerprint density at radius 1 is 1.06 bits per heavy atom. The number of fused-ring (bicyclic) bond motifs is 1. The van der Waals surface area contributed by atoms with Crippen molar-refractivity contribution in [3.63, 3.8) is 0 Å². The van der Waals surface area contributed by atoms with Gasteiger partial charge in [0, 0.05) is 43.6 Å². The van der Waals surface area contributed by atoms with Crippen molar-refractivity contribution in [2.75, 3.05) is 32.8 Å². The molecule has 0 aliphatic carbocycles. The maximum atomic E-state index is 11.7. The smallest absolute Gasteiger partial charge is 0.222 e. The minimum absolute atomic E-state index is 0.251. The first-order valence-corrected chi connectivity index (χ1v) is 12.1. The van der Waals surface area contributed by atoms with E-state index in [1.165, 1.54) is 11.3 Å². The second-order valence-corrected chi connectivity index (χ2v) is 9.34. The summed E-state index contributed by atoms with van der Waals surface area (Å²) in [5.74, 6) is 1.64. The lowest BCUT2D eigenvalue weighted by atomic mass is 9.92. The van der Waals surface area contributed by atoms with E-state index in [2.05, 4.69) is 34.3 Å². The number of hydrogen-bond donors (Lipinski definition) is 0. The van der Waals surface area contributed by atoms with Gasteiger partial charge >= 0.3 is 0 Å². The highest BCUT2D eigenvalue weighted by atomic mass is 16.5. The summed E-state index contributed by atoms with van der Waals surface area (Å²) in [6.45, 7) is 7.26. The summed E-state index contributed by atoms with van der Waals surface area (Å²) < 4.78 is 7.74. The van der Waals surface area contributed by atoms with Crippen molar-refractivity contribution in [2.45, 2.75) is 45.1 Å². The Labute approximate surface area is 195 Å². The number of ether oxygens (including phenoxy) is 1. The molecule has 4 heterocycles. The normalized spacial score (nSPS) is 17.9. The van der Waals surface area contributed by atoms with Crippen LogP contribution in [-0.2, 0) is 18.4 Å². The third-order valence-electron chi connectivity index (χ3n) is 7.03. The van der Waals surface area contributed by atoms with E-state index in [-0.39, 0.29) is 5.91 Å². The fraction of sp³-hybridized carbons (Fsp3) is 0.500. The maximum Gasteiger partial charge on any atom is 0.222 e. The Kier molecular flexibility index (Phi) is 6.31. The molecule has 2 aliphatic heterocycles. The predicted molar refractivity (Wildman–Crippen MR) is 128 cm³/mol. The van der Waals surface area contributed by atoms with Crippen molar-refractivity contribution in [2.24, 2.45) is 7.05 Å². The van der Waals surface area contributed by atoms with Crippen molar-refractivity contribution >= 4 is 16.9 Å². The van der Waals surface area contributed by atoms with Gasteiger partial charge in [-0.1, -0.05) is 12.1 Å². The minimum atomic E-state index is 0.251. The maximum absolute atomic E-state index is 11.7. The first-order chi connectivity index (χ1) is 16.1. The van der Waals surface area contributed by atoms with Crippen LogP contribution in [0.25, 0.3) is 11.0 Å². The third kappa shape index (κ3) is 4.88. The zero-order chi connectivity index (χ0) is 22.8. The molecule has 0 spiro atoms. The molecule has 1 aromatic carbocycles. The molecular weight excluding hydrogens is 414 g/mol. The van der Waals surface area contributed by atoms with Gasteiger partial charge in [0.25, 0.3) is 0 Å². The lowest BCUT2D eigenvalue weighted by molar-refractivity contribution is -0.128. The molecule has 0 radical (unpaired) electrons. The molecule has 0 unspecified atom stereocenters. The first kappa shape index (κ1) is 21.9. The first-order valence-electron chi connectivity index (χ1n) is 12.1. The summed E-state index contributed by atoms with van der Waals surface area (Å²) in [7, 11) is 1.97. The molecule has 7 nitrogen and oxygen atoms in total. The molecule has 0 bridgehead atoms. The fourth-order valence-corrected chi connectivity index (χ4v) is 5.10. The molecule has 2 fully saturated rings. The van der Waals surface area contributed by atoms with Crippen molar-refractivity contribution in [3.8, 4) is 5.75 Å². The van der Waals surface area contributed by atoms with E-state index in [1.54, 1.807) is 0 Å². The average molecular weight is 448 g/mol. The van der Waals surface area contributed by atoms with Crippen LogP contribution < -0.4 is 4.74 Å². The topological polar surface area (TPSA) is 63.5 Å². The van der Waals surface area contributed by atoms with Crippen LogP contribution >= 0.6 is 0 Å². The van der Waals surface area contributed by atoms with Crippen molar-refractivity contribution in [3.05, 3.63) is 53.3 Å².